The molecule has 4 nitrogen and oxygen atoms in total. The van der Waals surface area contributed by atoms with Crippen molar-refractivity contribution in [3.63, 3.8) is 0 Å². The Bertz CT molecular complexity index is 405. The molecule has 0 radical (unpaired) electrons. The highest BCUT2D eigenvalue weighted by atomic mass is 16.5. The maximum Gasteiger partial charge on any atom is 0.257 e. The van der Waals surface area contributed by atoms with Crippen molar-refractivity contribution in [2.45, 2.75) is 26.8 Å². The van der Waals surface area contributed by atoms with Gasteiger partial charge in [-0.1, -0.05) is 12.1 Å². The van der Waals surface area contributed by atoms with Crippen molar-refractivity contribution in [1.29, 1.82) is 0 Å². The SMILES string of the molecule is CCNC(=O)COc1ccc(C(C)NC)cc1C. The Morgan fingerprint density at radius 1 is 1.44 bits per heavy atom. The van der Waals surface area contributed by atoms with Crippen molar-refractivity contribution < 1.29 is 9.53 Å². The molecule has 100 valence electrons. The van der Waals surface area contributed by atoms with Crippen molar-refractivity contribution in [3.8, 4) is 5.75 Å². The molecule has 0 bridgehead atoms. The number of hydrogen-bond acceptors (Lipinski definition) is 3. The van der Waals surface area contributed by atoms with Crippen molar-refractivity contribution in [2.75, 3.05) is 20.2 Å². The minimum Gasteiger partial charge on any atom is -0.484 e. The van der Waals surface area contributed by atoms with Crippen LogP contribution < -0.4 is 15.4 Å². The van der Waals surface area contributed by atoms with Gasteiger partial charge in [0.2, 0.25) is 0 Å². The molecule has 2 N–H and O–H groups in total. The van der Waals surface area contributed by atoms with Crippen LogP contribution in [0.25, 0.3) is 0 Å². The van der Waals surface area contributed by atoms with Gasteiger partial charge in [-0.25, -0.2) is 0 Å². The minimum absolute atomic E-state index is 0.0651. The highest BCUT2D eigenvalue weighted by molar-refractivity contribution is 5.77. The van der Waals surface area contributed by atoms with E-state index in [0.29, 0.717) is 12.6 Å². The van der Waals surface area contributed by atoms with Gasteiger partial charge >= 0.3 is 0 Å². The number of ether oxygens (including phenoxy) is 1. The summed E-state index contributed by atoms with van der Waals surface area (Å²) in [6.45, 7) is 6.66. The van der Waals surface area contributed by atoms with E-state index in [-0.39, 0.29) is 12.5 Å². The van der Waals surface area contributed by atoms with Crippen LogP contribution in [0.5, 0.6) is 5.75 Å². The lowest BCUT2D eigenvalue weighted by molar-refractivity contribution is -0.122. The third kappa shape index (κ3) is 4.04. The van der Waals surface area contributed by atoms with Gasteiger partial charge < -0.3 is 15.4 Å². The average molecular weight is 250 g/mol. The first-order chi connectivity index (χ1) is 8.58. The molecule has 18 heavy (non-hydrogen) atoms. The Kier molecular flexibility index (Phi) is 5.65. The molecule has 0 spiro atoms. The highest BCUT2D eigenvalue weighted by Crippen LogP contribution is 2.22. The van der Waals surface area contributed by atoms with Crippen molar-refractivity contribution in [2.24, 2.45) is 0 Å². The second-order valence-electron chi connectivity index (χ2n) is 4.28. The summed E-state index contributed by atoms with van der Waals surface area (Å²) in [5.41, 5.74) is 2.25. The molecular weight excluding hydrogens is 228 g/mol. The molecule has 0 aliphatic carbocycles. The van der Waals surface area contributed by atoms with Gasteiger partial charge in [0, 0.05) is 12.6 Å². The number of carbonyl (C=O) groups excluding carboxylic acids is 1. The Balaban J connectivity index is 2.65. The van der Waals surface area contributed by atoms with Crippen LogP contribution in [0.2, 0.25) is 0 Å². The van der Waals surface area contributed by atoms with E-state index in [2.05, 4.69) is 23.6 Å². The van der Waals surface area contributed by atoms with Gasteiger partial charge in [0.25, 0.3) is 5.91 Å². The van der Waals surface area contributed by atoms with Crippen molar-refractivity contribution >= 4 is 5.91 Å². The van der Waals surface area contributed by atoms with Gasteiger partial charge in [-0.05, 0) is 45.0 Å². The van der Waals surface area contributed by atoms with E-state index in [1.54, 1.807) is 0 Å². The molecule has 0 fully saturated rings. The lowest BCUT2D eigenvalue weighted by Gasteiger charge is -2.14. The van der Waals surface area contributed by atoms with E-state index < -0.39 is 0 Å². The number of carbonyl (C=O) groups is 1. The summed E-state index contributed by atoms with van der Waals surface area (Å²) in [6.07, 6.45) is 0. The summed E-state index contributed by atoms with van der Waals surface area (Å²) < 4.78 is 5.49. The number of likely N-dealkylation sites (N-methyl/N-ethyl adjacent to an activating group) is 1. The number of amides is 1. The second-order valence-corrected chi connectivity index (χ2v) is 4.28. The smallest absolute Gasteiger partial charge is 0.257 e. The van der Waals surface area contributed by atoms with Crippen LogP contribution in [0.4, 0.5) is 0 Å². The molecule has 1 unspecified atom stereocenters. The zero-order valence-electron chi connectivity index (χ0n) is 11.5. The van der Waals surface area contributed by atoms with Crippen molar-refractivity contribution in [3.05, 3.63) is 29.3 Å². The second kappa shape index (κ2) is 7.01. The summed E-state index contributed by atoms with van der Waals surface area (Å²) in [6, 6.07) is 6.31. The normalized spacial score (nSPS) is 12.0. The van der Waals surface area contributed by atoms with E-state index in [9.17, 15) is 4.79 Å². The van der Waals surface area contributed by atoms with Crippen LogP contribution in [0.3, 0.4) is 0 Å². The average Bonchev–Trinajstić information content (AvgIpc) is 2.36. The summed E-state index contributed by atoms with van der Waals surface area (Å²) >= 11 is 0. The molecule has 0 heterocycles. The molecule has 0 aliphatic rings. The van der Waals surface area contributed by atoms with Crippen LogP contribution in [0, 0.1) is 6.92 Å². The van der Waals surface area contributed by atoms with E-state index in [4.69, 9.17) is 4.74 Å². The van der Waals surface area contributed by atoms with Crippen LogP contribution in [-0.4, -0.2) is 26.1 Å². The van der Waals surface area contributed by atoms with Crippen LogP contribution >= 0.6 is 0 Å². The fourth-order valence-corrected chi connectivity index (χ4v) is 1.66. The summed E-state index contributed by atoms with van der Waals surface area (Å²) in [5, 5.41) is 5.89. The van der Waals surface area contributed by atoms with Crippen LogP contribution in [0.15, 0.2) is 18.2 Å². The lowest BCUT2D eigenvalue weighted by atomic mass is 10.1. The lowest BCUT2D eigenvalue weighted by Crippen LogP contribution is -2.28. The number of nitrogens with one attached hydrogen (secondary N) is 2. The highest BCUT2D eigenvalue weighted by Gasteiger charge is 2.07. The number of aryl methyl sites for hydroxylation is 1. The molecule has 1 atom stereocenters. The molecule has 4 heteroatoms. The monoisotopic (exact) mass is 250 g/mol. The maximum absolute atomic E-state index is 11.3. The third-order valence-corrected chi connectivity index (χ3v) is 2.86. The number of hydrogen-bond donors (Lipinski definition) is 2. The zero-order valence-corrected chi connectivity index (χ0v) is 11.5. The molecular formula is C14H22N2O2. The topological polar surface area (TPSA) is 50.4 Å². The molecule has 0 aromatic heterocycles. The van der Waals surface area contributed by atoms with E-state index >= 15 is 0 Å². The number of rotatable bonds is 6. The first kappa shape index (κ1) is 14.5. The standard InChI is InChI=1S/C14H22N2O2/c1-5-16-14(17)9-18-13-7-6-12(8-10(13)2)11(3)15-4/h6-8,11,15H,5,9H2,1-4H3,(H,16,17). The minimum atomic E-state index is -0.0930. The van der Waals surface area contributed by atoms with E-state index in [0.717, 1.165) is 11.3 Å². The zero-order chi connectivity index (χ0) is 13.5. The molecule has 0 saturated carbocycles. The summed E-state index contributed by atoms with van der Waals surface area (Å²) in [7, 11) is 1.93. The molecule has 0 saturated heterocycles. The van der Waals surface area contributed by atoms with Gasteiger partial charge in [-0.2, -0.15) is 0 Å². The van der Waals surface area contributed by atoms with Gasteiger partial charge in [0.1, 0.15) is 5.75 Å². The fraction of sp³-hybridized carbons (Fsp3) is 0.500. The molecule has 1 rings (SSSR count). The first-order valence-corrected chi connectivity index (χ1v) is 6.25. The molecule has 1 aromatic carbocycles. The predicted octanol–water partition coefficient (Wildman–Crippen LogP) is 1.79. The largest absolute Gasteiger partial charge is 0.484 e. The fourth-order valence-electron chi connectivity index (χ4n) is 1.66. The van der Waals surface area contributed by atoms with Gasteiger partial charge in [-0.15, -0.1) is 0 Å². The van der Waals surface area contributed by atoms with Gasteiger partial charge in [0.05, 0.1) is 0 Å². The predicted molar refractivity (Wildman–Crippen MR) is 72.8 cm³/mol. The third-order valence-electron chi connectivity index (χ3n) is 2.86. The molecule has 0 aliphatic heterocycles. The molecule has 1 amide bonds. The van der Waals surface area contributed by atoms with E-state index in [1.807, 2.05) is 33.0 Å². The Labute approximate surface area is 109 Å². The Hall–Kier alpha value is -1.55. The first-order valence-electron chi connectivity index (χ1n) is 6.25. The number of benzene rings is 1. The van der Waals surface area contributed by atoms with Crippen molar-refractivity contribution in [1.82, 2.24) is 10.6 Å². The quantitative estimate of drug-likeness (QED) is 0.809. The Morgan fingerprint density at radius 3 is 2.72 bits per heavy atom. The maximum atomic E-state index is 11.3. The van der Waals surface area contributed by atoms with Crippen LogP contribution in [-0.2, 0) is 4.79 Å². The van der Waals surface area contributed by atoms with Gasteiger partial charge in [0.15, 0.2) is 6.61 Å². The van der Waals surface area contributed by atoms with E-state index in [1.165, 1.54) is 5.56 Å². The Morgan fingerprint density at radius 2 is 2.17 bits per heavy atom. The van der Waals surface area contributed by atoms with Gasteiger partial charge in [-0.3, -0.25) is 4.79 Å². The summed E-state index contributed by atoms with van der Waals surface area (Å²) in [4.78, 5) is 11.3. The summed E-state index contributed by atoms with van der Waals surface area (Å²) in [5.74, 6) is 0.665. The van der Waals surface area contributed by atoms with Crippen LogP contribution in [0.1, 0.15) is 31.0 Å². The molecule has 1 aromatic rings.